The van der Waals surface area contributed by atoms with Crippen LogP contribution >= 0.6 is 0 Å². The second-order valence-electron chi connectivity index (χ2n) is 4.11. The van der Waals surface area contributed by atoms with E-state index in [0.29, 0.717) is 0 Å². The lowest BCUT2D eigenvalue weighted by atomic mass is 10.1. The predicted molar refractivity (Wildman–Crippen MR) is 71.8 cm³/mol. The molecule has 0 unspecified atom stereocenters. The molecule has 0 aliphatic rings. The number of benzene rings is 1. The van der Waals surface area contributed by atoms with E-state index in [9.17, 15) is 0 Å². The molecule has 3 nitrogen and oxygen atoms in total. The second-order valence-corrected chi connectivity index (χ2v) is 4.11. The maximum atomic E-state index is 5.34. The highest BCUT2D eigenvalue weighted by Crippen LogP contribution is 2.27. The third kappa shape index (κ3) is 2.33. The quantitative estimate of drug-likeness (QED) is 0.874. The van der Waals surface area contributed by atoms with Crippen LogP contribution in [-0.2, 0) is 0 Å². The minimum atomic E-state index is 0.821. The van der Waals surface area contributed by atoms with E-state index in [0.717, 1.165) is 35.4 Å². The van der Waals surface area contributed by atoms with Crippen LogP contribution < -0.4 is 10.1 Å². The molecule has 0 amide bonds. The van der Waals surface area contributed by atoms with Crippen molar-refractivity contribution in [2.45, 2.75) is 20.3 Å². The van der Waals surface area contributed by atoms with E-state index < -0.39 is 0 Å². The van der Waals surface area contributed by atoms with Gasteiger partial charge in [-0.15, -0.1) is 0 Å². The number of hydrogen-bond acceptors (Lipinski definition) is 3. The summed E-state index contributed by atoms with van der Waals surface area (Å²) in [6.07, 6.45) is 1.09. The average Bonchev–Trinajstić information content (AvgIpc) is 2.35. The van der Waals surface area contributed by atoms with Gasteiger partial charge in [-0.1, -0.05) is 19.1 Å². The fraction of sp³-hybridized carbons (Fsp3) is 0.357. The topological polar surface area (TPSA) is 34.2 Å². The highest BCUT2D eigenvalue weighted by atomic mass is 16.5. The van der Waals surface area contributed by atoms with Gasteiger partial charge < -0.3 is 10.1 Å². The number of ether oxygens (including phenoxy) is 1. The van der Waals surface area contributed by atoms with Crippen LogP contribution in [0.4, 0.5) is 5.82 Å². The van der Waals surface area contributed by atoms with Crippen molar-refractivity contribution in [2.75, 3.05) is 19.0 Å². The molecular formula is C14H18N2O. The van der Waals surface area contributed by atoms with Crippen LogP contribution in [0, 0.1) is 6.92 Å². The van der Waals surface area contributed by atoms with E-state index in [1.54, 1.807) is 7.11 Å². The largest absolute Gasteiger partial charge is 0.494 e. The molecule has 1 N–H and O–H groups in total. The molecule has 0 saturated heterocycles. The summed E-state index contributed by atoms with van der Waals surface area (Å²) < 4.78 is 5.34. The maximum Gasteiger partial charge on any atom is 0.145 e. The summed E-state index contributed by atoms with van der Waals surface area (Å²) in [6.45, 7) is 5.16. The fourth-order valence-corrected chi connectivity index (χ4v) is 1.86. The number of hydrogen-bond donors (Lipinski definition) is 1. The third-order valence-corrected chi connectivity index (χ3v) is 2.76. The minimum absolute atomic E-state index is 0.821. The van der Waals surface area contributed by atoms with Crippen molar-refractivity contribution in [3.8, 4) is 5.75 Å². The van der Waals surface area contributed by atoms with Gasteiger partial charge in [-0.2, -0.15) is 0 Å². The Kier molecular flexibility index (Phi) is 3.47. The summed E-state index contributed by atoms with van der Waals surface area (Å²) >= 11 is 0. The fourth-order valence-electron chi connectivity index (χ4n) is 1.86. The van der Waals surface area contributed by atoms with E-state index in [1.807, 2.05) is 12.1 Å². The summed E-state index contributed by atoms with van der Waals surface area (Å²) in [4.78, 5) is 4.65. The van der Waals surface area contributed by atoms with Crippen molar-refractivity contribution in [1.29, 1.82) is 0 Å². The van der Waals surface area contributed by atoms with E-state index in [1.165, 1.54) is 5.56 Å². The first-order valence-corrected chi connectivity index (χ1v) is 5.94. The summed E-state index contributed by atoms with van der Waals surface area (Å²) in [5.41, 5.74) is 2.08. The van der Waals surface area contributed by atoms with Crippen LogP contribution in [0.2, 0.25) is 0 Å². The zero-order valence-corrected chi connectivity index (χ0v) is 10.6. The Balaban J connectivity index is 2.52. The van der Waals surface area contributed by atoms with E-state index in [2.05, 4.69) is 36.3 Å². The van der Waals surface area contributed by atoms with Crippen molar-refractivity contribution in [1.82, 2.24) is 4.98 Å². The van der Waals surface area contributed by atoms with Crippen molar-refractivity contribution in [3.05, 3.63) is 29.8 Å². The van der Waals surface area contributed by atoms with Crippen molar-refractivity contribution in [3.63, 3.8) is 0 Å². The van der Waals surface area contributed by atoms with Gasteiger partial charge in [0.05, 0.1) is 7.11 Å². The molecule has 0 fully saturated rings. The molecule has 1 heterocycles. The lowest BCUT2D eigenvalue weighted by Crippen LogP contribution is -2.04. The van der Waals surface area contributed by atoms with E-state index in [-0.39, 0.29) is 0 Å². The second kappa shape index (κ2) is 5.04. The average molecular weight is 230 g/mol. The van der Waals surface area contributed by atoms with Gasteiger partial charge in [0.1, 0.15) is 17.1 Å². The van der Waals surface area contributed by atoms with Crippen LogP contribution in [0.15, 0.2) is 24.3 Å². The monoisotopic (exact) mass is 230 g/mol. The number of aromatic nitrogens is 1. The van der Waals surface area contributed by atoms with Gasteiger partial charge in [0, 0.05) is 11.9 Å². The zero-order valence-electron chi connectivity index (χ0n) is 10.6. The smallest absolute Gasteiger partial charge is 0.145 e. The van der Waals surface area contributed by atoms with Gasteiger partial charge in [-0.05, 0) is 31.0 Å². The summed E-state index contributed by atoms with van der Waals surface area (Å²) in [7, 11) is 1.68. The SMILES string of the molecule is CCCNc1nc2c(OC)cccc2cc1C. The molecule has 3 heteroatoms. The molecule has 2 rings (SSSR count). The molecular weight excluding hydrogens is 212 g/mol. The third-order valence-electron chi connectivity index (χ3n) is 2.76. The Morgan fingerprint density at radius 3 is 2.88 bits per heavy atom. The molecule has 0 atom stereocenters. The maximum absolute atomic E-state index is 5.34. The molecule has 1 aromatic heterocycles. The van der Waals surface area contributed by atoms with Crippen LogP contribution in [0.25, 0.3) is 10.9 Å². The van der Waals surface area contributed by atoms with Crippen molar-refractivity contribution >= 4 is 16.7 Å². The normalized spacial score (nSPS) is 10.5. The van der Waals surface area contributed by atoms with Gasteiger partial charge >= 0.3 is 0 Å². The zero-order chi connectivity index (χ0) is 12.3. The molecule has 1 aromatic carbocycles. The Morgan fingerprint density at radius 1 is 1.35 bits per heavy atom. The van der Waals surface area contributed by atoms with Crippen LogP contribution in [0.3, 0.4) is 0 Å². The van der Waals surface area contributed by atoms with Gasteiger partial charge in [0.15, 0.2) is 0 Å². The first kappa shape index (κ1) is 11.7. The van der Waals surface area contributed by atoms with E-state index in [4.69, 9.17) is 4.74 Å². The Labute approximate surface area is 102 Å². The number of rotatable bonds is 4. The molecule has 0 radical (unpaired) electrons. The molecule has 0 spiro atoms. The van der Waals surface area contributed by atoms with Crippen LogP contribution in [-0.4, -0.2) is 18.6 Å². The van der Waals surface area contributed by atoms with Crippen molar-refractivity contribution < 1.29 is 4.74 Å². The molecule has 0 aliphatic heterocycles. The van der Waals surface area contributed by atoms with Crippen LogP contribution in [0.1, 0.15) is 18.9 Å². The Morgan fingerprint density at radius 2 is 2.18 bits per heavy atom. The summed E-state index contributed by atoms with van der Waals surface area (Å²) in [5.74, 6) is 1.77. The first-order chi connectivity index (χ1) is 8.26. The van der Waals surface area contributed by atoms with Crippen LogP contribution in [0.5, 0.6) is 5.75 Å². The number of anilines is 1. The summed E-state index contributed by atoms with van der Waals surface area (Å²) in [5, 5.41) is 4.45. The van der Waals surface area contributed by atoms with Gasteiger partial charge in [0.2, 0.25) is 0 Å². The standard InChI is InChI=1S/C14H18N2O/c1-4-8-15-14-10(2)9-11-6-5-7-12(17-3)13(11)16-14/h5-7,9H,4,8H2,1-3H3,(H,15,16). The minimum Gasteiger partial charge on any atom is -0.494 e. The highest BCUT2D eigenvalue weighted by Gasteiger charge is 2.06. The number of methoxy groups -OCH3 is 1. The highest BCUT2D eigenvalue weighted by molar-refractivity contribution is 5.86. The molecule has 17 heavy (non-hydrogen) atoms. The molecule has 0 bridgehead atoms. The van der Waals surface area contributed by atoms with Gasteiger partial charge in [-0.25, -0.2) is 4.98 Å². The molecule has 2 aromatic rings. The van der Waals surface area contributed by atoms with Gasteiger partial charge in [-0.3, -0.25) is 0 Å². The number of nitrogens with zero attached hydrogens (tertiary/aromatic N) is 1. The molecule has 0 saturated carbocycles. The number of aryl methyl sites for hydroxylation is 1. The number of fused-ring (bicyclic) bond motifs is 1. The molecule has 0 aliphatic carbocycles. The lowest BCUT2D eigenvalue weighted by molar-refractivity contribution is 0.419. The summed E-state index contributed by atoms with van der Waals surface area (Å²) in [6, 6.07) is 8.12. The lowest BCUT2D eigenvalue weighted by Gasteiger charge is -2.11. The Bertz CT molecular complexity index is 523. The Hall–Kier alpha value is -1.77. The number of para-hydroxylation sites is 1. The molecule has 90 valence electrons. The van der Waals surface area contributed by atoms with E-state index >= 15 is 0 Å². The number of nitrogens with one attached hydrogen (secondary N) is 1. The predicted octanol–water partition coefficient (Wildman–Crippen LogP) is 3.37. The van der Waals surface area contributed by atoms with Crippen molar-refractivity contribution in [2.24, 2.45) is 0 Å². The van der Waals surface area contributed by atoms with Gasteiger partial charge in [0.25, 0.3) is 0 Å². The first-order valence-electron chi connectivity index (χ1n) is 5.94. The number of pyridine rings is 1.